The number of halogens is 1. The summed E-state index contributed by atoms with van der Waals surface area (Å²) in [4.78, 5) is 68.2. The molecule has 6 rings (SSSR count). The molecule has 0 aliphatic carbocycles. The molecule has 5 atom stereocenters. The highest BCUT2D eigenvalue weighted by molar-refractivity contribution is 7.52. The molecular formula is C31H36FN4O6PS. The number of nitrogens with zero attached hydrogens (tertiary/aromatic N) is 3. The number of nitrogens with one attached hydrogen (secondary N) is 1. The molecule has 13 heteroatoms. The van der Waals surface area contributed by atoms with Crippen LogP contribution in [0.25, 0.3) is 10.1 Å². The van der Waals surface area contributed by atoms with Crippen LogP contribution in [0.15, 0.2) is 48.8 Å². The first kappa shape index (κ1) is 30.8. The molecule has 0 bridgehead atoms. The van der Waals surface area contributed by atoms with E-state index in [1.54, 1.807) is 17.2 Å². The molecular weight excluding hydrogens is 606 g/mol. The zero-order valence-corrected chi connectivity index (χ0v) is 26.1. The Labute approximate surface area is 258 Å². The molecule has 3 aliphatic rings. The second-order valence-corrected chi connectivity index (χ2v) is 15.2. The van der Waals surface area contributed by atoms with E-state index in [0.29, 0.717) is 40.9 Å². The second kappa shape index (κ2) is 12.0. The molecule has 3 aliphatic heterocycles. The SMILES string of the molecule is CC(F)(c1ccc2sc(C(=O)NC3CCCC[C@H]4CC[C@@H](C(=O)N5CCC(c6cccnc6)C5)N4C3=O)cc2c1)P(=O)(O)O. The fourth-order valence-corrected chi connectivity index (χ4v) is 8.23. The lowest BCUT2D eigenvalue weighted by atomic mass is 9.99. The molecule has 10 nitrogen and oxygen atoms in total. The van der Waals surface area contributed by atoms with Crippen molar-refractivity contribution in [1.29, 1.82) is 0 Å². The standard InChI is InChI=1S/C31H36FN4O6PS/c1-31(32,43(40,41)42)22-8-11-26-21(15-22)16-27(44-26)28(37)34-24-7-3-2-6-23-9-10-25(36(23)29(24)38)30(39)35-14-12-20(18-35)19-5-4-13-33-17-19/h4-5,8,11,13,15-17,20,23-25H,2-3,6-7,9-10,12,14,18H2,1H3,(H,34,37)(H2,40,41,42)/t20?,23-,24?,25-,31?/m0/s1. The average molecular weight is 643 g/mol. The number of hydrogen-bond donors (Lipinski definition) is 3. The van der Waals surface area contributed by atoms with Gasteiger partial charge in [-0.1, -0.05) is 25.0 Å². The summed E-state index contributed by atoms with van der Waals surface area (Å²) in [5, 5.41) is 0.505. The van der Waals surface area contributed by atoms with Crippen LogP contribution in [0.2, 0.25) is 0 Å². The van der Waals surface area contributed by atoms with Gasteiger partial charge in [0.25, 0.3) is 5.91 Å². The number of pyridine rings is 1. The van der Waals surface area contributed by atoms with Gasteiger partial charge in [0.2, 0.25) is 17.2 Å². The highest BCUT2D eigenvalue weighted by Crippen LogP contribution is 2.58. The summed E-state index contributed by atoms with van der Waals surface area (Å²) in [6.07, 6.45) is 8.72. The minimum absolute atomic E-state index is 0.0339. The Morgan fingerprint density at radius 1 is 1.11 bits per heavy atom. The maximum absolute atomic E-state index is 14.9. The van der Waals surface area contributed by atoms with Crippen LogP contribution in [0.5, 0.6) is 0 Å². The smallest absolute Gasteiger partial charge is 0.340 e. The third-order valence-electron chi connectivity index (χ3n) is 9.40. The molecule has 3 saturated heterocycles. The molecule has 44 heavy (non-hydrogen) atoms. The Bertz CT molecular complexity index is 1630. The number of fused-ring (bicyclic) bond motifs is 2. The summed E-state index contributed by atoms with van der Waals surface area (Å²) >= 11 is 1.15. The third kappa shape index (κ3) is 5.80. The lowest BCUT2D eigenvalue weighted by Crippen LogP contribution is -2.56. The van der Waals surface area contributed by atoms with Crippen LogP contribution in [-0.4, -0.2) is 73.5 Å². The monoisotopic (exact) mass is 642 g/mol. The average Bonchev–Trinajstić information content (AvgIpc) is 3.75. The summed E-state index contributed by atoms with van der Waals surface area (Å²) in [6.45, 7) is 2.06. The van der Waals surface area contributed by atoms with E-state index >= 15 is 0 Å². The van der Waals surface area contributed by atoms with Gasteiger partial charge in [-0.05, 0) is 74.2 Å². The van der Waals surface area contributed by atoms with E-state index in [2.05, 4.69) is 10.3 Å². The minimum atomic E-state index is -5.08. The Balaban J connectivity index is 1.17. The number of alkyl halides is 1. The first-order valence-corrected chi connectivity index (χ1v) is 17.5. The van der Waals surface area contributed by atoms with Gasteiger partial charge in [0.15, 0.2) is 0 Å². The van der Waals surface area contributed by atoms with Crippen molar-refractivity contribution in [2.75, 3.05) is 13.1 Å². The van der Waals surface area contributed by atoms with Gasteiger partial charge < -0.3 is 24.9 Å². The zero-order valence-electron chi connectivity index (χ0n) is 24.4. The van der Waals surface area contributed by atoms with Crippen molar-refractivity contribution in [1.82, 2.24) is 20.1 Å². The highest BCUT2D eigenvalue weighted by Gasteiger charge is 2.47. The third-order valence-corrected chi connectivity index (χ3v) is 11.9. The Morgan fingerprint density at radius 2 is 1.91 bits per heavy atom. The summed E-state index contributed by atoms with van der Waals surface area (Å²) in [7, 11) is -5.08. The molecule has 3 N–H and O–H groups in total. The van der Waals surface area contributed by atoms with Crippen molar-refractivity contribution in [2.45, 2.75) is 81.3 Å². The zero-order chi connectivity index (χ0) is 31.2. The summed E-state index contributed by atoms with van der Waals surface area (Å²) < 4.78 is 27.3. The Morgan fingerprint density at radius 3 is 2.66 bits per heavy atom. The number of carbonyl (C=O) groups excluding carboxylic acids is 3. The number of aromatic nitrogens is 1. The predicted molar refractivity (Wildman–Crippen MR) is 164 cm³/mol. The molecule has 0 radical (unpaired) electrons. The van der Waals surface area contributed by atoms with Gasteiger partial charge in [-0.25, -0.2) is 4.39 Å². The van der Waals surface area contributed by atoms with Crippen molar-refractivity contribution in [3.8, 4) is 0 Å². The molecule has 1 aromatic carbocycles. The fraction of sp³-hybridized carbons (Fsp3) is 0.484. The number of rotatable bonds is 6. The number of thiophene rings is 1. The lowest BCUT2D eigenvalue weighted by molar-refractivity contribution is -0.146. The van der Waals surface area contributed by atoms with Crippen LogP contribution in [0, 0.1) is 0 Å². The normalized spacial score (nSPS) is 25.8. The van der Waals surface area contributed by atoms with Crippen molar-refractivity contribution >= 4 is 46.7 Å². The summed E-state index contributed by atoms with van der Waals surface area (Å²) in [5.41, 5.74) is 0.925. The van der Waals surface area contributed by atoms with Gasteiger partial charge in [0, 0.05) is 47.7 Å². The van der Waals surface area contributed by atoms with E-state index in [0.717, 1.165) is 55.9 Å². The Kier molecular flexibility index (Phi) is 8.38. The maximum Gasteiger partial charge on any atom is 0.366 e. The molecule has 5 heterocycles. The van der Waals surface area contributed by atoms with Crippen molar-refractivity contribution in [3.05, 3.63) is 64.8 Å². The van der Waals surface area contributed by atoms with Crippen LogP contribution in [0.1, 0.15) is 78.6 Å². The van der Waals surface area contributed by atoms with Gasteiger partial charge in [-0.2, -0.15) is 0 Å². The molecule has 3 amide bonds. The second-order valence-electron chi connectivity index (χ2n) is 12.2. The van der Waals surface area contributed by atoms with E-state index in [-0.39, 0.29) is 29.3 Å². The van der Waals surface area contributed by atoms with Crippen LogP contribution in [0.3, 0.4) is 0 Å². The van der Waals surface area contributed by atoms with Crippen LogP contribution >= 0.6 is 18.9 Å². The minimum Gasteiger partial charge on any atom is -0.340 e. The Hall–Kier alpha value is -3.18. The summed E-state index contributed by atoms with van der Waals surface area (Å²) in [5.74, 6) is -0.511. The number of likely N-dealkylation sites (tertiary alicyclic amines) is 1. The first-order chi connectivity index (χ1) is 20.9. The quantitative estimate of drug-likeness (QED) is 0.332. The first-order valence-electron chi connectivity index (χ1n) is 15.0. The van der Waals surface area contributed by atoms with Crippen molar-refractivity contribution in [2.24, 2.45) is 0 Å². The topological polar surface area (TPSA) is 140 Å². The number of benzene rings is 1. The van der Waals surface area contributed by atoms with Crippen LogP contribution < -0.4 is 5.32 Å². The van der Waals surface area contributed by atoms with Gasteiger partial charge in [-0.3, -0.25) is 23.9 Å². The fourth-order valence-electron chi connectivity index (χ4n) is 6.81. The highest BCUT2D eigenvalue weighted by atomic mass is 32.1. The van der Waals surface area contributed by atoms with Crippen molar-refractivity contribution in [3.63, 3.8) is 0 Å². The van der Waals surface area contributed by atoms with E-state index in [4.69, 9.17) is 0 Å². The van der Waals surface area contributed by atoms with E-state index in [1.807, 2.05) is 23.2 Å². The van der Waals surface area contributed by atoms with E-state index < -0.39 is 31.0 Å². The summed E-state index contributed by atoms with van der Waals surface area (Å²) in [6, 6.07) is 8.27. The maximum atomic E-state index is 14.9. The number of hydrogen-bond acceptors (Lipinski definition) is 6. The van der Waals surface area contributed by atoms with E-state index in [9.17, 15) is 33.1 Å². The molecule has 3 unspecified atom stereocenters. The molecule has 2 aromatic heterocycles. The van der Waals surface area contributed by atoms with Crippen LogP contribution in [-0.2, 0) is 19.6 Å². The number of carbonyl (C=O) groups is 3. The molecule has 234 valence electrons. The van der Waals surface area contributed by atoms with Crippen molar-refractivity contribution < 1.29 is 33.1 Å². The van der Waals surface area contributed by atoms with Crippen LogP contribution in [0.4, 0.5) is 4.39 Å². The number of amides is 3. The molecule has 3 aromatic rings. The largest absolute Gasteiger partial charge is 0.366 e. The van der Waals surface area contributed by atoms with E-state index in [1.165, 1.54) is 18.2 Å². The molecule has 3 fully saturated rings. The lowest BCUT2D eigenvalue weighted by Gasteiger charge is -2.36. The molecule has 0 spiro atoms. The van der Waals surface area contributed by atoms with Gasteiger partial charge in [0.1, 0.15) is 12.1 Å². The van der Waals surface area contributed by atoms with Gasteiger partial charge in [-0.15, -0.1) is 11.3 Å². The van der Waals surface area contributed by atoms with Gasteiger partial charge >= 0.3 is 7.60 Å². The van der Waals surface area contributed by atoms with Gasteiger partial charge in [0.05, 0.1) is 4.88 Å². The molecule has 0 saturated carbocycles. The predicted octanol–water partition coefficient (Wildman–Crippen LogP) is 4.66.